The lowest BCUT2D eigenvalue weighted by molar-refractivity contribution is 0.742. The summed E-state index contributed by atoms with van der Waals surface area (Å²) in [4.78, 5) is 14.4. The van der Waals surface area contributed by atoms with Crippen LogP contribution in [0.1, 0.15) is 19.8 Å². The van der Waals surface area contributed by atoms with Gasteiger partial charge in [0.15, 0.2) is 5.49 Å². The van der Waals surface area contributed by atoms with Gasteiger partial charge in [-0.05, 0) is 25.0 Å². The van der Waals surface area contributed by atoms with E-state index >= 15 is 0 Å². The average molecular weight is 242 g/mol. The van der Waals surface area contributed by atoms with Crippen LogP contribution in [-0.4, -0.2) is 15.4 Å². The molecular weight excluding hydrogens is 228 g/mol. The molecular formula is C13H14N4O. The third-order valence-corrected chi connectivity index (χ3v) is 3.63. The van der Waals surface area contributed by atoms with E-state index in [1.165, 1.54) is 4.57 Å². The summed E-state index contributed by atoms with van der Waals surface area (Å²) in [6.07, 6.45) is 1.89. The van der Waals surface area contributed by atoms with Gasteiger partial charge in [-0.3, -0.25) is 20.2 Å². The Balaban J connectivity index is 2.40. The fourth-order valence-corrected chi connectivity index (χ4v) is 2.10. The molecule has 0 spiro atoms. The zero-order valence-electron chi connectivity index (χ0n) is 10.1. The van der Waals surface area contributed by atoms with E-state index < -0.39 is 5.56 Å². The normalized spacial score (nSPS) is 16.7. The molecule has 92 valence electrons. The maximum absolute atomic E-state index is 11.7. The van der Waals surface area contributed by atoms with E-state index in [1.54, 1.807) is 6.07 Å². The summed E-state index contributed by atoms with van der Waals surface area (Å²) in [5, 5.41) is 16.1. The van der Waals surface area contributed by atoms with Crippen LogP contribution < -0.4 is 11.0 Å². The van der Waals surface area contributed by atoms with Gasteiger partial charge in [-0.2, -0.15) is 0 Å². The van der Waals surface area contributed by atoms with Gasteiger partial charge < -0.3 is 4.98 Å². The maximum atomic E-state index is 11.7. The number of para-hydroxylation sites is 2. The van der Waals surface area contributed by atoms with Crippen LogP contribution in [0.15, 0.2) is 29.1 Å². The Kier molecular flexibility index (Phi) is 2.08. The van der Waals surface area contributed by atoms with Crippen molar-refractivity contribution in [2.45, 2.75) is 19.8 Å². The lowest BCUT2D eigenvalue weighted by Crippen LogP contribution is -2.41. The minimum absolute atomic E-state index is 0.174. The minimum atomic E-state index is -0.456. The number of H-pyrrole nitrogens is 1. The molecule has 0 radical (unpaired) electrons. The van der Waals surface area contributed by atoms with Crippen LogP contribution in [0.4, 0.5) is 0 Å². The Morgan fingerprint density at radius 1 is 1.39 bits per heavy atom. The van der Waals surface area contributed by atoms with E-state index in [4.69, 9.17) is 10.8 Å². The SMILES string of the molecule is CC1(C(=N)n2c(=N)c(=O)[nH]c3ccccc32)CC1. The van der Waals surface area contributed by atoms with E-state index in [1.807, 2.05) is 25.1 Å². The monoisotopic (exact) mass is 242 g/mol. The van der Waals surface area contributed by atoms with Gasteiger partial charge in [0.2, 0.25) is 0 Å². The summed E-state index contributed by atoms with van der Waals surface area (Å²) in [6.45, 7) is 2.00. The van der Waals surface area contributed by atoms with E-state index in [9.17, 15) is 4.79 Å². The summed E-state index contributed by atoms with van der Waals surface area (Å²) in [6, 6.07) is 7.28. The van der Waals surface area contributed by atoms with Crippen molar-refractivity contribution in [1.29, 1.82) is 10.8 Å². The number of rotatable bonds is 1. The quantitative estimate of drug-likeness (QED) is 0.513. The van der Waals surface area contributed by atoms with Gasteiger partial charge in [-0.25, -0.2) is 0 Å². The zero-order chi connectivity index (χ0) is 12.9. The molecule has 0 amide bonds. The number of fused-ring (bicyclic) bond motifs is 1. The topological polar surface area (TPSA) is 85.5 Å². The maximum Gasteiger partial charge on any atom is 0.291 e. The van der Waals surface area contributed by atoms with Crippen molar-refractivity contribution >= 4 is 16.9 Å². The van der Waals surface area contributed by atoms with E-state index in [0.717, 1.165) is 12.8 Å². The highest BCUT2D eigenvalue weighted by Gasteiger charge is 2.43. The first-order valence-electron chi connectivity index (χ1n) is 5.91. The Hall–Kier alpha value is -2.17. The predicted octanol–water partition coefficient (Wildman–Crippen LogP) is 1.43. The highest BCUT2D eigenvalue weighted by atomic mass is 16.1. The Bertz CT molecular complexity index is 764. The molecule has 3 rings (SSSR count). The first-order valence-corrected chi connectivity index (χ1v) is 5.91. The molecule has 1 aliphatic rings. The fraction of sp³-hybridized carbons (Fsp3) is 0.308. The fourth-order valence-electron chi connectivity index (χ4n) is 2.10. The van der Waals surface area contributed by atoms with Crippen molar-refractivity contribution in [3.05, 3.63) is 40.1 Å². The van der Waals surface area contributed by atoms with Gasteiger partial charge in [0.1, 0.15) is 5.84 Å². The van der Waals surface area contributed by atoms with Crippen LogP contribution >= 0.6 is 0 Å². The van der Waals surface area contributed by atoms with Crippen molar-refractivity contribution in [3.63, 3.8) is 0 Å². The van der Waals surface area contributed by atoms with Gasteiger partial charge in [-0.15, -0.1) is 0 Å². The number of benzene rings is 1. The van der Waals surface area contributed by atoms with Crippen LogP contribution in [-0.2, 0) is 0 Å². The minimum Gasteiger partial charge on any atom is -0.317 e. The van der Waals surface area contributed by atoms with Crippen LogP contribution in [0, 0.1) is 16.2 Å². The van der Waals surface area contributed by atoms with Crippen molar-refractivity contribution < 1.29 is 0 Å². The second kappa shape index (κ2) is 3.41. The Morgan fingerprint density at radius 3 is 2.72 bits per heavy atom. The molecule has 1 aliphatic carbocycles. The lowest BCUT2D eigenvalue weighted by Gasteiger charge is -2.16. The second-order valence-electron chi connectivity index (χ2n) is 5.06. The summed E-state index contributed by atoms with van der Waals surface area (Å²) < 4.78 is 1.46. The number of aromatic amines is 1. The van der Waals surface area contributed by atoms with Crippen molar-refractivity contribution in [2.75, 3.05) is 0 Å². The van der Waals surface area contributed by atoms with Crippen molar-refractivity contribution in [2.24, 2.45) is 5.41 Å². The Labute approximate surface area is 103 Å². The van der Waals surface area contributed by atoms with Crippen LogP contribution in [0.3, 0.4) is 0 Å². The predicted molar refractivity (Wildman–Crippen MR) is 68.9 cm³/mol. The zero-order valence-corrected chi connectivity index (χ0v) is 10.1. The molecule has 0 unspecified atom stereocenters. The van der Waals surface area contributed by atoms with Crippen molar-refractivity contribution in [1.82, 2.24) is 9.55 Å². The van der Waals surface area contributed by atoms with Crippen LogP contribution in [0.5, 0.6) is 0 Å². The van der Waals surface area contributed by atoms with Gasteiger partial charge in [-0.1, -0.05) is 19.1 Å². The van der Waals surface area contributed by atoms with Crippen LogP contribution in [0.2, 0.25) is 0 Å². The van der Waals surface area contributed by atoms with Gasteiger partial charge in [0.05, 0.1) is 11.0 Å². The largest absolute Gasteiger partial charge is 0.317 e. The standard InChI is InChI=1S/C13H14N4O/c1-13(6-7-13)12(15)17-9-5-3-2-4-8(9)16-11(18)10(17)14/h2-5,14-15H,6-7H2,1H3,(H,16,18). The van der Waals surface area contributed by atoms with Gasteiger partial charge in [0, 0.05) is 5.41 Å². The summed E-state index contributed by atoms with van der Waals surface area (Å²) in [5.74, 6) is 0.342. The van der Waals surface area contributed by atoms with Gasteiger partial charge >= 0.3 is 0 Å². The second-order valence-corrected chi connectivity index (χ2v) is 5.06. The number of hydrogen-bond acceptors (Lipinski definition) is 3. The number of hydrogen-bond donors (Lipinski definition) is 3. The molecule has 3 N–H and O–H groups in total. The summed E-state index contributed by atoms with van der Waals surface area (Å²) in [7, 11) is 0. The molecule has 1 aromatic carbocycles. The molecule has 18 heavy (non-hydrogen) atoms. The Morgan fingerprint density at radius 2 is 2.06 bits per heavy atom. The molecule has 5 heteroatoms. The number of nitrogens with one attached hydrogen (secondary N) is 3. The molecule has 2 aromatic rings. The molecule has 0 atom stereocenters. The molecule has 1 fully saturated rings. The van der Waals surface area contributed by atoms with Crippen LogP contribution in [0.25, 0.3) is 11.0 Å². The van der Waals surface area contributed by atoms with E-state index in [2.05, 4.69) is 4.98 Å². The molecule has 1 saturated carbocycles. The molecule has 5 nitrogen and oxygen atoms in total. The third-order valence-electron chi connectivity index (χ3n) is 3.63. The molecule has 0 bridgehead atoms. The highest BCUT2D eigenvalue weighted by molar-refractivity contribution is 5.95. The molecule has 1 aromatic heterocycles. The highest BCUT2D eigenvalue weighted by Crippen LogP contribution is 2.46. The molecule has 0 saturated heterocycles. The number of nitrogens with zero attached hydrogens (tertiary/aromatic N) is 1. The molecule has 0 aliphatic heterocycles. The third kappa shape index (κ3) is 1.44. The summed E-state index contributed by atoms with van der Waals surface area (Å²) in [5.41, 5.74) is 0.555. The first-order chi connectivity index (χ1) is 8.53. The average Bonchev–Trinajstić information content (AvgIpc) is 3.10. The first kappa shape index (κ1) is 11.0. The smallest absolute Gasteiger partial charge is 0.291 e. The summed E-state index contributed by atoms with van der Waals surface area (Å²) >= 11 is 0. The van der Waals surface area contributed by atoms with E-state index in [-0.39, 0.29) is 10.9 Å². The van der Waals surface area contributed by atoms with Gasteiger partial charge in [0.25, 0.3) is 5.56 Å². The number of aromatic nitrogens is 2. The van der Waals surface area contributed by atoms with E-state index in [0.29, 0.717) is 16.9 Å². The lowest BCUT2D eigenvalue weighted by atomic mass is 10.1. The van der Waals surface area contributed by atoms with Crippen molar-refractivity contribution in [3.8, 4) is 0 Å². The molecule has 1 heterocycles.